The molecule has 2 unspecified atom stereocenters. The molecule has 1 saturated heterocycles. The maximum atomic E-state index is 12.7. The molecule has 1 aromatic rings. The molecule has 1 aromatic heterocycles. The van der Waals surface area contributed by atoms with E-state index in [2.05, 4.69) is 5.32 Å². The minimum Gasteiger partial charge on any atom is -0.619 e. The van der Waals surface area contributed by atoms with Crippen LogP contribution in [0.4, 0.5) is 0 Å². The van der Waals surface area contributed by atoms with Crippen molar-refractivity contribution in [3.05, 3.63) is 29.7 Å². The Labute approximate surface area is 164 Å². The number of sulfonamides is 1. The van der Waals surface area contributed by atoms with Gasteiger partial charge in [-0.05, 0) is 25.3 Å². The molecule has 0 aromatic carbocycles. The fourth-order valence-corrected chi connectivity index (χ4v) is 4.50. The number of nitrogens with zero attached hydrogens (tertiary/aromatic N) is 2. The molecular formula is C17H26N4O6S. The average Bonchev–Trinajstić information content (AvgIpc) is 2.81. The van der Waals surface area contributed by atoms with Crippen molar-refractivity contribution < 1.29 is 27.8 Å². The minimum absolute atomic E-state index is 0.0862. The first-order valence-electron chi connectivity index (χ1n) is 9.07. The zero-order valence-corrected chi connectivity index (χ0v) is 16.5. The van der Waals surface area contributed by atoms with Gasteiger partial charge in [0.05, 0.1) is 12.1 Å². The Morgan fingerprint density at radius 3 is 2.86 bits per heavy atom. The van der Waals surface area contributed by atoms with Crippen molar-refractivity contribution in [3.8, 4) is 0 Å². The number of β-amino-alcohol motifs (C(OH)–C–C–N with tert-alkyl or cyclic N) is 1. The Morgan fingerprint density at radius 1 is 1.50 bits per heavy atom. The molecule has 0 bridgehead atoms. The molecule has 1 aliphatic rings. The summed E-state index contributed by atoms with van der Waals surface area (Å²) in [7, 11) is -3.94. The quantitative estimate of drug-likeness (QED) is 0.378. The third kappa shape index (κ3) is 5.63. The molecule has 1 fully saturated rings. The van der Waals surface area contributed by atoms with Crippen LogP contribution in [0.2, 0.25) is 0 Å². The zero-order chi connectivity index (χ0) is 20.9. The summed E-state index contributed by atoms with van der Waals surface area (Å²) in [5, 5.41) is 24.5. The molecule has 0 saturated carbocycles. The molecule has 3 atom stereocenters. The van der Waals surface area contributed by atoms with Crippen molar-refractivity contribution in [1.82, 2.24) is 9.62 Å². The van der Waals surface area contributed by atoms with Crippen LogP contribution in [0.3, 0.4) is 0 Å². The summed E-state index contributed by atoms with van der Waals surface area (Å²) < 4.78 is 27.0. The van der Waals surface area contributed by atoms with E-state index in [4.69, 9.17) is 5.73 Å². The van der Waals surface area contributed by atoms with Crippen LogP contribution in [-0.2, 0) is 19.6 Å². The number of aliphatic hydroxyl groups is 1. The van der Waals surface area contributed by atoms with Crippen LogP contribution in [0.25, 0.3) is 0 Å². The second-order valence-corrected chi connectivity index (χ2v) is 8.93. The molecule has 0 spiro atoms. The smallest absolute Gasteiger partial charge is 0.249 e. The Hall–Kier alpha value is -2.24. The third-order valence-corrected chi connectivity index (χ3v) is 6.65. The summed E-state index contributed by atoms with van der Waals surface area (Å²) in [6.45, 7) is 1.60. The average molecular weight is 414 g/mol. The lowest BCUT2D eigenvalue weighted by Crippen LogP contribution is -2.47. The molecule has 28 heavy (non-hydrogen) atoms. The topological polar surface area (TPSA) is 157 Å². The van der Waals surface area contributed by atoms with Crippen molar-refractivity contribution in [2.45, 2.75) is 49.6 Å². The Morgan fingerprint density at radius 2 is 2.21 bits per heavy atom. The van der Waals surface area contributed by atoms with Crippen molar-refractivity contribution in [2.24, 2.45) is 11.7 Å². The second kappa shape index (κ2) is 9.30. The number of amides is 2. The van der Waals surface area contributed by atoms with E-state index in [1.165, 1.54) is 18.3 Å². The number of primary amides is 1. The van der Waals surface area contributed by atoms with Crippen molar-refractivity contribution in [2.75, 3.05) is 13.1 Å². The van der Waals surface area contributed by atoms with Gasteiger partial charge in [-0.25, -0.2) is 8.42 Å². The van der Waals surface area contributed by atoms with Crippen molar-refractivity contribution in [3.63, 3.8) is 0 Å². The molecule has 156 valence electrons. The molecule has 11 heteroatoms. The Kier molecular flexibility index (Phi) is 7.33. The summed E-state index contributed by atoms with van der Waals surface area (Å²) >= 11 is 0. The molecule has 2 rings (SSSR count). The number of rotatable bonds is 7. The third-order valence-electron chi connectivity index (χ3n) is 4.80. The number of carbonyl (C=O) groups excluding carboxylic acids is 2. The number of hydrogen-bond donors (Lipinski definition) is 3. The number of aliphatic hydroxyl groups excluding tert-OH is 1. The highest BCUT2D eigenvalue weighted by Gasteiger charge is 2.34. The number of aromatic nitrogens is 1. The maximum absolute atomic E-state index is 12.7. The van der Waals surface area contributed by atoms with Crippen LogP contribution < -0.4 is 15.8 Å². The van der Waals surface area contributed by atoms with Crippen molar-refractivity contribution >= 4 is 21.8 Å². The van der Waals surface area contributed by atoms with Crippen LogP contribution in [0.1, 0.15) is 32.6 Å². The summed E-state index contributed by atoms with van der Waals surface area (Å²) in [6, 6.07) is 2.06. The Balaban J connectivity index is 2.00. The zero-order valence-electron chi connectivity index (χ0n) is 15.7. The van der Waals surface area contributed by atoms with E-state index in [1.807, 2.05) is 0 Å². The normalized spacial score (nSPS) is 22.2. The van der Waals surface area contributed by atoms with E-state index in [1.54, 1.807) is 6.92 Å². The van der Waals surface area contributed by atoms with E-state index in [9.17, 15) is 28.3 Å². The molecule has 1 aliphatic heterocycles. The van der Waals surface area contributed by atoms with Gasteiger partial charge in [-0.15, -0.1) is 0 Å². The minimum atomic E-state index is -3.94. The first-order chi connectivity index (χ1) is 13.1. The van der Waals surface area contributed by atoms with Crippen LogP contribution in [-0.4, -0.2) is 54.9 Å². The molecule has 2 heterocycles. The van der Waals surface area contributed by atoms with Gasteiger partial charge in [0, 0.05) is 31.5 Å². The van der Waals surface area contributed by atoms with E-state index >= 15 is 0 Å². The van der Waals surface area contributed by atoms with E-state index < -0.39 is 34.0 Å². The molecule has 0 aliphatic carbocycles. The molecule has 4 N–H and O–H groups in total. The number of pyridine rings is 1. The molecule has 0 radical (unpaired) electrons. The highest BCUT2D eigenvalue weighted by molar-refractivity contribution is 7.89. The van der Waals surface area contributed by atoms with Gasteiger partial charge in [-0.2, -0.15) is 9.04 Å². The van der Waals surface area contributed by atoms with Gasteiger partial charge in [0.1, 0.15) is 4.90 Å². The van der Waals surface area contributed by atoms with Gasteiger partial charge in [-0.1, -0.05) is 6.92 Å². The first kappa shape index (κ1) is 22.1. The van der Waals surface area contributed by atoms with E-state index in [-0.39, 0.29) is 30.3 Å². The monoisotopic (exact) mass is 414 g/mol. The van der Waals surface area contributed by atoms with Crippen LogP contribution >= 0.6 is 0 Å². The molecular weight excluding hydrogens is 388 g/mol. The Bertz CT molecular complexity index is 816. The number of hydrogen-bond acceptors (Lipinski definition) is 6. The van der Waals surface area contributed by atoms with Crippen LogP contribution in [0.5, 0.6) is 0 Å². The standard InChI is InChI=1S/C17H26N4O6S/c1-12(17(18)24)6-7-16(23)19-14-5-3-9-21(11-15(14)22)28(26,27)13-4-2-8-20(25)10-13/h2,4,8,10,12,14-15,22H,3,5-7,9,11H2,1H3,(H2,18,24)(H,19,23)/t12?,14?,15-/m0/s1. The number of nitrogens with one attached hydrogen (secondary N) is 1. The van der Waals surface area contributed by atoms with Crippen molar-refractivity contribution in [1.29, 1.82) is 0 Å². The number of carbonyl (C=O) groups is 2. The highest BCUT2D eigenvalue weighted by atomic mass is 32.2. The number of nitrogens with two attached hydrogens (primary N) is 1. The lowest BCUT2D eigenvalue weighted by atomic mass is 10.0. The fourth-order valence-electron chi connectivity index (χ4n) is 3.00. The maximum Gasteiger partial charge on any atom is 0.249 e. The van der Waals surface area contributed by atoms with Crippen LogP contribution in [0, 0.1) is 11.1 Å². The second-order valence-electron chi connectivity index (χ2n) is 6.99. The highest BCUT2D eigenvalue weighted by Crippen LogP contribution is 2.20. The molecule has 10 nitrogen and oxygen atoms in total. The first-order valence-corrected chi connectivity index (χ1v) is 10.5. The van der Waals surface area contributed by atoms with E-state index in [0.29, 0.717) is 24.0 Å². The molecule has 2 amide bonds. The lowest BCUT2D eigenvalue weighted by molar-refractivity contribution is -0.607. The summed E-state index contributed by atoms with van der Waals surface area (Å²) in [4.78, 5) is 23.0. The predicted octanol–water partition coefficient (Wildman–Crippen LogP) is -1.15. The van der Waals surface area contributed by atoms with Gasteiger partial charge >= 0.3 is 0 Å². The predicted molar refractivity (Wildman–Crippen MR) is 98.9 cm³/mol. The van der Waals surface area contributed by atoms with Gasteiger partial charge in [-0.3, -0.25) is 9.59 Å². The van der Waals surface area contributed by atoms with Gasteiger partial charge in [0.25, 0.3) is 0 Å². The van der Waals surface area contributed by atoms with Gasteiger partial charge < -0.3 is 21.4 Å². The lowest BCUT2D eigenvalue weighted by Gasteiger charge is -2.25. The summed E-state index contributed by atoms with van der Waals surface area (Å²) in [5.74, 6) is -1.24. The van der Waals surface area contributed by atoms with Gasteiger partial charge in [0.15, 0.2) is 12.4 Å². The van der Waals surface area contributed by atoms with Gasteiger partial charge in [0.2, 0.25) is 21.8 Å². The largest absolute Gasteiger partial charge is 0.619 e. The van der Waals surface area contributed by atoms with E-state index in [0.717, 1.165) is 10.5 Å². The summed E-state index contributed by atoms with van der Waals surface area (Å²) in [5.41, 5.74) is 5.17. The summed E-state index contributed by atoms with van der Waals surface area (Å²) in [6.07, 6.45) is 2.27. The van der Waals surface area contributed by atoms with Crippen LogP contribution in [0.15, 0.2) is 29.4 Å². The SMILES string of the molecule is CC(CCC(=O)NC1CCCN(S(=O)(=O)c2ccc[n+]([O-])c2)C[C@@H]1O)C(N)=O. The fraction of sp³-hybridized carbons (Fsp3) is 0.588.